The number of likely N-dealkylation sites (tertiary alicyclic amines) is 1. The molecule has 1 N–H and O–H groups in total. The number of carbonyl (C=O) groups is 2. The average Bonchev–Trinajstić information content (AvgIpc) is 2.99. The van der Waals surface area contributed by atoms with Gasteiger partial charge in [0.05, 0.1) is 5.92 Å². The minimum Gasteiger partial charge on any atom is -0.356 e. The Morgan fingerprint density at radius 2 is 1.92 bits per heavy atom. The fraction of sp³-hybridized carbons (Fsp3) is 0.619. The van der Waals surface area contributed by atoms with Gasteiger partial charge in [0, 0.05) is 32.0 Å². The van der Waals surface area contributed by atoms with Gasteiger partial charge in [0.1, 0.15) is 5.82 Å². The molecular formula is C21H31FN2O2. The molecule has 144 valence electrons. The quantitative estimate of drug-likeness (QED) is 0.806. The molecule has 5 heteroatoms. The number of amides is 2. The fourth-order valence-electron chi connectivity index (χ4n) is 3.44. The fourth-order valence-corrected chi connectivity index (χ4v) is 3.44. The number of nitrogens with one attached hydrogen (secondary N) is 1. The zero-order chi connectivity index (χ0) is 19.3. The predicted octanol–water partition coefficient (Wildman–Crippen LogP) is 3.58. The molecule has 1 aliphatic heterocycles. The lowest BCUT2D eigenvalue weighted by Gasteiger charge is -2.18. The van der Waals surface area contributed by atoms with E-state index in [1.54, 1.807) is 11.0 Å². The molecule has 1 aromatic carbocycles. The van der Waals surface area contributed by atoms with E-state index in [-0.39, 0.29) is 35.4 Å². The van der Waals surface area contributed by atoms with Crippen molar-refractivity contribution in [1.82, 2.24) is 10.2 Å². The lowest BCUT2D eigenvalue weighted by atomic mass is 9.88. The van der Waals surface area contributed by atoms with Gasteiger partial charge in [-0.3, -0.25) is 9.59 Å². The number of rotatable bonds is 7. The summed E-state index contributed by atoms with van der Waals surface area (Å²) >= 11 is 0. The molecule has 2 amide bonds. The van der Waals surface area contributed by atoms with Crippen molar-refractivity contribution in [3.63, 3.8) is 0 Å². The summed E-state index contributed by atoms with van der Waals surface area (Å²) in [6, 6.07) is 6.39. The van der Waals surface area contributed by atoms with Gasteiger partial charge in [-0.25, -0.2) is 4.39 Å². The third kappa shape index (κ3) is 5.55. The summed E-state index contributed by atoms with van der Waals surface area (Å²) < 4.78 is 13.7. The van der Waals surface area contributed by atoms with Gasteiger partial charge in [0.25, 0.3) is 0 Å². The number of nitrogens with zero attached hydrogens (tertiary/aromatic N) is 1. The van der Waals surface area contributed by atoms with Crippen molar-refractivity contribution in [1.29, 1.82) is 0 Å². The Balaban J connectivity index is 2.14. The van der Waals surface area contributed by atoms with Gasteiger partial charge >= 0.3 is 0 Å². The molecule has 0 aromatic heterocycles. The smallest absolute Gasteiger partial charge is 0.225 e. The van der Waals surface area contributed by atoms with Gasteiger partial charge < -0.3 is 10.2 Å². The zero-order valence-corrected chi connectivity index (χ0v) is 16.3. The summed E-state index contributed by atoms with van der Waals surface area (Å²) in [5.74, 6) is 0.00375. The maximum absolute atomic E-state index is 13.7. The van der Waals surface area contributed by atoms with Crippen LogP contribution in [0.3, 0.4) is 0 Å². The monoisotopic (exact) mass is 362 g/mol. The standard InChI is InChI=1S/C21H31FN2O2/c1-14(2)8-9-23-21(26)19-13-24(20(25)10-15(3)4)12-18(19)16-6-5-7-17(22)11-16/h5-7,11,14-15,18-19H,8-10,12-13H2,1-4H3,(H,23,26). The molecule has 2 atom stereocenters. The van der Waals surface area contributed by atoms with E-state index in [9.17, 15) is 14.0 Å². The van der Waals surface area contributed by atoms with Crippen molar-refractivity contribution in [3.8, 4) is 0 Å². The van der Waals surface area contributed by atoms with Crippen molar-refractivity contribution in [3.05, 3.63) is 35.6 Å². The predicted molar refractivity (Wildman–Crippen MR) is 101 cm³/mol. The summed E-state index contributed by atoms with van der Waals surface area (Å²) in [4.78, 5) is 27.0. The van der Waals surface area contributed by atoms with E-state index in [1.165, 1.54) is 12.1 Å². The molecule has 0 bridgehead atoms. The van der Waals surface area contributed by atoms with E-state index in [4.69, 9.17) is 0 Å². The van der Waals surface area contributed by atoms with Crippen LogP contribution >= 0.6 is 0 Å². The summed E-state index contributed by atoms with van der Waals surface area (Å²) in [5, 5.41) is 3.00. The minimum absolute atomic E-state index is 0.0419. The van der Waals surface area contributed by atoms with Crippen molar-refractivity contribution in [2.24, 2.45) is 17.8 Å². The van der Waals surface area contributed by atoms with Gasteiger partial charge in [-0.1, -0.05) is 39.8 Å². The highest BCUT2D eigenvalue weighted by molar-refractivity contribution is 5.83. The second-order valence-electron chi connectivity index (χ2n) is 8.14. The Hall–Kier alpha value is -1.91. The number of hydrogen-bond donors (Lipinski definition) is 1. The van der Waals surface area contributed by atoms with Crippen LogP contribution in [0.1, 0.15) is 52.0 Å². The van der Waals surface area contributed by atoms with Gasteiger partial charge in [-0.05, 0) is 36.0 Å². The van der Waals surface area contributed by atoms with Gasteiger partial charge in [0.15, 0.2) is 0 Å². The maximum atomic E-state index is 13.7. The van der Waals surface area contributed by atoms with E-state index < -0.39 is 0 Å². The highest BCUT2D eigenvalue weighted by Crippen LogP contribution is 2.34. The third-order valence-electron chi connectivity index (χ3n) is 4.89. The summed E-state index contributed by atoms with van der Waals surface area (Å²) in [5.41, 5.74) is 0.786. The number of carbonyl (C=O) groups excluding carboxylic acids is 2. The van der Waals surface area contributed by atoms with Crippen LogP contribution in [0.2, 0.25) is 0 Å². The van der Waals surface area contributed by atoms with E-state index in [1.807, 2.05) is 19.9 Å². The molecule has 26 heavy (non-hydrogen) atoms. The van der Waals surface area contributed by atoms with Crippen molar-refractivity contribution < 1.29 is 14.0 Å². The third-order valence-corrected chi connectivity index (χ3v) is 4.89. The SMILES string of the molecule is CC(C)CCNC(=O)C1CN(C(=O)CC(C)C)CC1c1cccc(F)c1. The molecule has 0 spiro atoms. The first-order valence-corrected chi connectivity index (χ1v) is 9.58. The second kappa shape index (κ2) is 9.15. The Bertz CT molecular complexity index is 630. The Labute approximate surface area is 156 Å². The average molecular weight is 362 g/mol. The van der Waals surface area contributed by atoms with Crippen LogP contribution in [0.5, 0.6) is 0 Å². The Kier molecular flexibility index (Phi) is 7.18. The first-order valence-electron chi connectivity index (χ1n) is 9.58. The molecular weight excluding hydrogens is 331 g/mol. The highest BCUT2D eigenvalue weighted by atomic mass is 19.1. The Morgan fingerprint density at radius 3 is 2.54 bits per heavy atom. The van der Waals surface area contributed by atoms with Crippen LogP contribution in [0.4, 0.5) is 4.39 Å². The van der Waals surface area contributed by atoms with E-state index in [0.717, 1.165) is 12.0 Å². The van der Waals surface area contributed by atoms with Crippen LogP contribution in [-0.4, -0.2) is 36.3 Å². The summed E-state index contributed by atoms with van der Waals surface area (Å²) in [6.07, 6.45) is 1.39. The lowest BCUT2D eigenvalue weighted by molar-refractivity contribution is -0.131. The Morgan fingerprint density at radius 1 is 1.19 bits per heavy atom. The van der Waals surface area contributed by atoms with Crippen LogP contribution < -0.4 is 5.32 Å². The van der Waals surface area contributed by atoms with E-state index in [2.05, 4.69) is 19.2 Å². The van der Waals surface area contributed by atoms with Crippen LogP contribution in [0.25, 0.3) is 0 Å². The number of hydrogen-bond acceptors (Lipinski definition) is 2. The lowest BCUT2D eigenvalue weighted by Crippen LogP contribution is -2.36. The minimum atomic E-state index is -0.333. The molecule has 1 saturated heterocycles. The first kappa shape index (κ1) is 20.4. The first-order chi connectivity index (χ1) is 12.3. The summed E-state index contributed by atoms with van der Waals surface area (Å²) in [6.45, 7) is 9.75. The highest BCUT2D eigenvalue weighted by Gasteiger charge is 2.40. The van der Waals surface area contributed by atoms with Gasteiger partial charge in [-0.2, -0.15) is 0 Å². The molecule has 0 aliphatic carbocycles. The van der Waals surface area contributed by atoms with Crippen molar-refractivity contribution in [2.45, 2.75) is 46.5 Å². The normalized spacial score (nSPS) is 20.0. The van der Waals surface area contributed by atoms with Crippen LogP contribution in [0, 0.1) is 23.6 Å². The van der Waals surface area contributed by atoms with E-state index in [0.29, 0.717) is 32.0 Å². The molecule has 2 rings (SSSR count). The number of halogens is 1. The van der Waals surface area contributed by atoms with Crippen molar-refractivity contribution in [2.75, 3.05) is 19.6 Å². The molecule has 0 radical (unpaired) electrons. The maximum Gasteiger partial charge on any atom is 0.225 e. The zero-order valence-electron chi connectivity index (χ0n) is 16.3. The molecule has 1 heterocycles. The van der Waals surface area contributed by atoms with Gasteiger partial charge in [0.2, 0.25) is 11.8 Å². The second-order valence-corrected chi connectivity index (χ2v) is 8.14. The topological polar surface area (TPSA) is 49.4 Å². The molecule has 1 aliphatic rings. The molecule has 1 aromatic rings. The molecule has 4 nitrogen and oxygen atoms in total. The number of benzene rings is 1. The van der Waals surface area contributed by atoms with E-state index >= 15 is 0 Å². The van der Waals surface area contributed by atoms with Crippen molar-refractivity contribution >= 4 is 11.8 Å². The largest absolute Gasteiger partial charge is 0.356 e. The molecule has 1 fully saturated rings. The molecule has 0 saturated carbocycles. The van der Waals surface area contributed by atoms with Crippen LogP contribution in [-0.2, 0) is 9.59 Å². The van der Waals surface area contributed by atoms with Crippen LogP contribution in [0.15, 0.2) is 24.3 Å². The molecule has 2 unspecified atom stereocenters. The van der Waals surface area contributed by atoms with Gasteiger partial charge in [-0.15, -0.1) is 0 Å². The summed E-state index contributed by atoms with van der Waals surface area (Å²) in [7, 11) is 0.